The summed E-state index contributed by atoms with van der Waals surface area (Å²) < 4.78 is 0. The molecule has 1 aliphatic carbocycles. The number of aromatic amines is 1. The summed E-state index contributed by atoms with van der Waals surface area (Å²) in [6, 6.07) is 13.4. The molecule has 0 bridgehead atoms. The minimum atomic E-state index is -0.399. The van der Waals surface area contributed by atoms with Crippen LogP contribution in [0.4, 0.5) is 5.13 Å². The van der Waals surface area contributed by atoms with Gasteiger partial charge in [0.1, 0.15) is 0 Å². The minimum absolute atomic E-state index is 0.172. The molecule has 7 heteroatoms. The van der Waals surface area contributed by atoms with Crippen LogP contribution in [0.1, 0.15) is 34.5 Å². The summed E-state index contributed by atoms with van der Waals surface area (Å²) >= 11 is 1.37. The van der Waals surface area contributed by atoms with E-state index in [0.717, 1.165) is 24.1 Å². The van der Waals surface area contributed by atoms with Crippen LogP contribution in [-0.2, 0) is 12.8 Å². The number of amides is 1. The molecule has 29 heavy (non-hydrogen) atoms. The molecule has 0 radical (unpaired) electrons. The van der Waals surface area contributed by atoms with Crippen molar-refractivity contribution in [3.63, 3.8) is 0 Å². The summed E-state index contributed by atoms with van der Waals surface area (Å²) in [6.07, 6.45) is 4.75. The Morgan fingerprint density at radius 1 is 1.03 bits per heavy atom. The van der Waals surface area contributed by atoms with Crippen LogP contribution in [-0.4, -0.2) is 21.1 Å². The SMILES string of the molecule is O=C(Nc1nc(-c2ccc3c(c2)CCCC3)cs1)c1n[nH]c(=O)c2ccccc12. The van der Waals surface area contributed by atoms with Gasteiger partial charge < -0.3 is 0 Å². The molecular formula is C22H18N4O2S. The van der Waals surface area contributed by atoms with Crippen LogP contribution in [0.3, 0.4) is 0 Å². The number of hydrogen-bond acceptors (Lipinski definition) is 5. The number of fused-ring (bicyclic) bond motifs is 2. The first-order chi connectivity index (χ1) is 14.2. The minimum Gasteiger partial charge on any atom is -0.296 e. The number of hydrogen-bond donors (Lipinski definition) is 2. The summed E-state index contributed by atoms with van der Waals surface area (Å²) in [5.41, 5.74) is 4.59. The van der Waals surface area contributed by atoms with Crippen molar-refractivity contribution in [2.75, 3.05) is 5.32 Å². The van der Waals surface area contributed by atoms with E-state index in [9.17, 15) is 9.59 Å². The Bertz CT molecular complexity index is 1290. The van der Waals surface area contributed by atoms with Gasteiger partial charge in [-0.1, -0.05) is 30.3 Å². The average molecular weight is 402 g/mol. The van der Waals surface area contributed by atoms with Crippen LogP contribution < -0.4 is 10.9 Å². The Labute approximate surface area is 170 Å². The van der Waals surface area contributed by atoms with Crippen LogP contribution in [0.15, 0.2) is 52.6 Å². The number of nitrogens with one attached hydrogen (secondary N) is 2. The van der Waals surface area contributed by atoms with E-state index in [2.05, 4.69) is 38.7 Å². The molecule has 144 valence electrons. The highest BCUT2D eigenvalue weighted by Gasteiger charge is 2.16. The zero-order valence-electron chi connectivity index (χ0n) is 15.6. The number of nitrogens with zero attached hydrogens (tertiary/aromatic N) is 2. The monoisotopic (exact) mass is 402 g/mol. The lowest BCUT2D eigenvalue weighted by atomic mass is 9.90. The fourth-order valence-electron chi connectivity index (χ4n) is 3.80. The Balaban J connectivity index is 1.42. The number of benzene rings is 2. The van der Waals surface area contributed by atoms with Crippen molar-refractivity contribution >= 4 is 33.1 Å². The van der Waals surface area contributed by atoms with Crippen molar-refractivity contribution in [3.8, 4) is 11.3 Å². The largest absolute Gasteiger partial charge is 0.296 e. The van der Waals surface area contributed by atoms with Gasteiger partial charge in [0, 0.05) is 16.3 Å². The second-order valence-electron chi connectivity index (χ2n) is 7.13. The van der Waals surface area contributed by atoms with Crippen LogP contribution in [0.2, 0.25) is 0 Å². The van der Waals surface area contributed by atoms with E-state index in [1.807, 2.05) is 5.38 Å². The van der Waals surface area contributed by atoms with Gasteiger partial charge in [0.25, 0.3) is 11.5 Å². The molecule has 0 saturated heterocycles. The van der Waals surface area contributed by atoms with E-state index in [-0.39, 0.29) is 11.3 Å². The van der Waals surface area contributed by atoms with Gasteiger partial charge in [0.2, 0.25) is 0 Å². The van der Waals surface area contributed by atoms with Crippen molar-refractivity contribution in [3.05, 3.63) is 75.0 Å². The first kappa shape index (κ1) is 17.8. The second kappa shape index (κ2) is 7.25. The number of thiazole rings is 1. The van der Waals surface area contributed by atoms with Gasteiger partial charge in [-0.15, -0.1) is 11.3 Å². The van der Waals surface area contributed by atoms with Gasteiger partial charge >= 0.3 is 0 Å². The van der Waals surface area contributed by atoms with Gasteiger partial charge in [-0.05, 0) is 48.9 Å². The number of H-pyrrole nitrogens is 1. The third-order valence-electron chi connectivity index (χ3n) is 5.28. The fourth-order valence-corrected chi connectivity index (χ4v) is 4.52. The molecule has 1 aliphatic rings. The maximum Gasteiger partial charge on any atom is 0.278 e. The second-order valence-corrected chi connectivity index (χ2v) is 7.99. The zero-order chi connectivity index (χ0) is 19.8. The van der Waals surface area contributed by atoms with Crippen molar-refractivity contribution < 1.29 is 4.79 Å². The Hall–Kier alpha value is -3.32. The van der Waals surface area contributed by atoms with Gasteiger partial charge in [-0.25, -0.2) is 10.1 Å². The Morgan fingerprint density at radius 3 is 2.69 bits per heavy atom. The van der Waals surface area contributed by atoms with Crippen molar-refractivity contribution in [1.29, 1.82) is 0 Å². The molecule has 0 saturated carbocycles. The fraction of sp³-hybridized carbons (Fsp3) is 0.182. The number of carbonyl (C=O) groups excluding carboxylic acids is 1. The summed E-state index contributed by atoms with van der Waals surface area (Å²) in [5, 5.41) is 12.5. The first-order valence-electron chi connectivity index (χ1n) is 9.55. The standard InChI is InChI=1S/C22H18N4O2S/c27-20-17-8-4-3-7-16(17)19(25-26-20)21(28)24-22-23-18(12-29-22)15-10-9-13-5-1-2-6-14(13)11-15/h3-4,7-12H,1-2,5-6H2,(H,26,27)(H,23,24,28). The molecular weight excluding hydrogens is 384 g/mol. The predicted molar refractivity (Wildman–Crippen MR) is 115 cm³/mol. The number of carbonyl (C=O) groups is 1. The maximum absolute atomic E-state index is 12.7. The summed E-state index contributed by atoms with van der Waals surface area (Å²) in [7, 11) is 0. The lowest BCUT2D eigenvalue weighted by molar-refractivity contribution is 0.102. The van der Waals surface area contributed by atoms with Crippen molar-refractivity contribution in [1.82, 2.24) is 15.2 Å². The molecule has 1 amide bonds. The summed E-state index contributed by atoms with van der Waals surface area (Å²) in [4.78, 5) is 29.2. The van der Waals surface area contributed by atoms with Crippen LogP contribution in [0.25, 0.3) is 22.0 Å². The Kier molecular flexibility index (Phi) is 4.44. The molecule has 2 heterocycles. The molecule has 0 spiro atoms. The molecule has 0 fully saturated rings. The number of aryl methyl sites for hydroxylation is 2. The smallest absolute Gasteiger partial charge is 0.278 e. The van der Waals surface area contributed by atoms with Gasteiger partial charge in [-0.3, -0.25) is 14.9 Å². The normalized spacial score (nSPS) is 13.2. The van der Waals surface area contributed by atoms with E-state index < -0.39 is 5.91 Å². The summed E-state index contributed by atoms with van der Waals surface area (Å²) in [5.74, 6) is -0.399. The van der Waals surface area contributed by atoms with Gasteiger partial charge in [-0.2, -0.15) is 5.10 Å². The number of aromatic nitrogens is 3. The molecule has 0 unspecified atom stereocenters. The lowest BCUT2D eigenvalue weighted by Crippen LogP contribution is -2.19. The molecule has 2 aromatic carbocycles. The molecule has 0 atom stereocenters. The Morgan fingerprint density at radius 2 is 1.83 bits per heavy atom. The molecule has 4 aromatic rings. The highest BCUT2D eigenvalue weighted by atomic mass is 32.1. The number of anilines is 1. The van der Waals surface area contributed by atoms with Gasteiger partial charge in [0.15, 0.2) is 10.8 Å². The molecule has 2 N–H and O–H groups in total. The quantitative estimate of drug-likeness (QED) is 0.538. The zero-order valence-corrected chi connectivity index (χ0v) is 16.4. The van der Waals surface area contributed by atoms with Crippen molar-refractivity contribution in [2.24, 2.45) is 0 Å². The molecule has 2 aromatic heterocycles. The lowest BCUT2D eigenvalue weighted by Gasteiger charge is -2.16. The number of rotatable bonds is 3. The van der Waals surface area contributed by atoms with Crippen molar-refractivity contribution in [2.45, 2.75) is 25.7 Å². The van der Waals surface area contributed by atoms with Crippen LogP contribution >= 0.6 is 11.3 Å². The molecule has 0 aliphatic heterocycles. The average Bonchev–Trinajstić information content (AvgIpc) is 3.22. The highest BCUT2D eigenvalue weighted by molar-refractivity contribution is 7.14. The molecule has 6 nitrogen and oxygen atoms in total. The van der Waals surface area contributed by atoms with E-state index in [4.69, 9.17) is 0 Å². The summed E-state index contributed by atoms with van der Waals surface area (Å²) in [6.45, 7) is 0. The van der Waals surface area contributed by atoms with Crippen LogP contribution in [0.5, 0.6) is 0 Å². The third kappa shape index (κ3) is 3.34. The van der Waals surface area contributed by atoms with Gasteiger partial charge in [0.05, 0.1) is 11.1 Å². The topological polar surface area (TPSA) is 87.7 Å². The first-order valence-corrected chi connectivity index (χ1v) is 10.4. The van der Waals surface area contributed by atoms with E-state index in [1.54, 1.807) is 24.3 Å². The molecule has 5 rings (SSSR count). The van der Waals surface area contributed by atoms with E-state index in [1.165, 1.54) is 35.3 Å². The van der Waals surface area contributed by atoms with Crippen LogP contribution in [0, 0.1) is 0 Å². The maximum atomic E-state index is 12.7. The van der Waals surface area contributed by atoms with E-state index >= 15 is 0 Å². The van der Waals surface area contributed by atoms with E-state index in [0.29, 0.717) is 15.9 Å². The predicted octanol–water partition coefficient (Wildman–Crippen LogP) is 4.18. The highest BCUT2D eigenvalue weighted by Crippen LogP contribution is 2.30. The third-order valence-corrected chi connectivity index (χ3v) is 6.04.